The number of hydrogen-bond donors (Lipinski definition) is 1. The van der Waals surface area contributed by atoms with Crippen LogP contribution in [-0.2, 0) is 15.2 Å². The third-order valence-electron chi connectivity index (χ3n) is 2.46. The quantitative estimate of drug-likeness (QED) is 0.867. The summed E-state index contributed by atoms with van der Waals surface area (Å²) in [7, 11) is 0. The average molecular weight is 319 g/mol. The third kappa shape index (κ3) is 3.53. The molecule has 0 saturated carbocycles. The topological polar surface area (TPSA) is 46.5 Å². The molecule has 0 fully saturated rings. The van der Waals surface area contributed by atoms with Gasteiger partial charge in [0.25, 0.3) is 0 Å². The second kappa shape index (κ2) is 5.80. The molecule has 1 rings (SSSR count). The zero-order valence-corrected chi connectivity index (χ0v) is 12.1. The summed E-state index contributed by atoms with van der Waals surface area (Å²) < 4.78 is 19.0. The predicted octanol–water partition coefficient (Wildman–Crippen LogP) is 3.25. The van der Waals surface area contributed by atoms with E-state index in [-0.39, 0.29) is 6.61 Å². The minimum absolute atomic E-state index is 0.201. The molecule has 3 nitrogen and oxygen atoms in total. The van der Waals surface area contributed by atoms with E-state index in [1.165, 1.54) is 26.0 Å². The van der Waals surface area contributed by atoms with Gasteiger partial charge in [0.05, 0.1) is 6.61 Å². The van der Waals surface area contributed by atoms with Gasteiger partial charge in [-0.2, -0.15) is 0 Å². The molecule has 1 unspecified atom stereocenters. The number of carbonyl (C=O) groups is 1. The maximum atomic E-state index is 13.8. The zero-order chi connectivity index (χ0) is 13.9. The molecule has 1 aromatic carbocycles. The molecule has 1 atom stereocenters. The van der Waals surface area contributed by atoms with Crippen molar-refractivity contribution in [3.8, 4) is 0 Å². The largest absolute Gasteiger partial charge is 0.464 e. The van der Waals surface area contributed by atoms with Crippen LogP contribution in [0, 0.1) is 0 Å². The molecule has 0 radical (unpaired) electrons. The first kappa shape index (κ1) is 15.1. The summed E-state index contributed by atoms with van der Waals surface area (Å²) in [5.41, 5.74) is -0.665. The summed E-state index contributed by atoms with van der Waals surface area (Å²) in [5.74, 6) is -0.711. The lowest BCUT2D eigenvalue weighted by atomic mass is 9.97. The fourth-order valence-electron chi connectivity index (χ4n) is 1.54. The number of alkyl halides is 1. The molecule has 100 valence electrons. The van der Waals surface area contributed by atoms with Crippen LogP contribution in [0.3, 0.4) is 0 Å². The highest BCUT2D eigenvalue weighted by Gasteiger charge is 2.24. The van der Waals surface area contributed by atoms with E-state index >= 15 is 0 Å². The van der Waals surface area contributed by atoms with E-state index in [2.05, 4.69) is 15.9 Å². The van der Waals surface area contributed by atoms with Crippen molar-refractivity contribution in [2.75, 3.05) is 6.61 Å². The van der Waals surface area contributed by atoms with Gasteiger partial charge in [-0.3, -0.25) is 0 Å². The summed E-state index contributed by atoms with van der Waals surface area (Å²) in [5, 5.41) is 9.75. The van der Waals surface area contributed by atoms with Crippen LogP contribution in [-0.4, -0.2) is 17.7 Å². The van der Waals surface area contributed by atoms with Gasteiger partial charge < -0.3 is 9.84 Å². The minimum Gasteiger partial charge on any atom is -0.464 e. The van der Waals surface area contributed by atoms with Crippen molar-refractivity contribution >= 4 is 21.9 Å². The van der Waals surface area contributed by atoms with E-state index < -0.39 is 17.7 Å². The van der Waals surface area contributed by atoms with Gasteiger partial charge in [0.2, 0.25) is 0 Å². The molecule has 0 amide bonds. The summed E-state index contributed by atoms with van der Waals surface area (Å²) in [6.45, 7) is 4.74. The second-order valence-corrected chi connectivity index (χ2v) is 5.22. The molecular weight excluding hydrogens is 303 g/mol. The number of benzene rings is 1. The monoisotopic (exact) mass is 318 g/mol. The lowest BCUT2D eigenvalue weighted by molar-refractivity contribution is -0.153. The maximum absolute atomic E-state index is 13.8. The number of halogens is 2. The number of aliphatic hydroxyl groups is 1. The van der Waals surface area contributed by atoms with Crippen LogP contribution >= 0.6 is 15.9 Å². The summed E-state index contributed by atoms with van der Waals surface area (Å²) >= 11 is 3.24. The lowest BCUT2D eigenvalue weighted by Gasteiger charge is -2.18. The fraction of sp³-hybridized carbons (Fsp3) is 0.462. The van der Waals surface area contributed by atoms with E-state index in [1.54, 1.807) is 13.0 Å². The highest BCUT2D eigenvalue weighted by Crippen LogP contribution is 2.33. The Labute approximate surface area is 114 Å². The molecule has 18 heavy (non-hydrogen) atoms. The summed E-state index contributed by atoms with van der Waals surface area (Å²) in [6.07, 6.45) is -1.35. The van der Waals surface area contributed by atoms with E-state index in [4.69, 9.17) is 4.74 Å². The number of esters is 1. The Balaban J connectivity index is 3.01. The van der Waals surface area contributed by atoms with E-state index in [0.717, 1.165) is 0 Å². The SMILES string of the molecule is CCOC(=O)C(O)c1ccc(C(C)(C)F)c(Br)c1. The van der Waals surface area contributed by atoms with Gasteiger partial charge >= 0.3 is 5.97 Å². The molecular formula is C13H16BrFO3. The van der Waals surface area contributed by atoms with Crippen LogP contribution < -0.4 is 0 Å². The van der Waals surface area contributed by atoms with Crippen molar-refractivity contribution in [1.82, 2.24) is 0 Å². The second-order valence-electron chi connectivity index (χ2n) is 4.37. The Morgan fingerprint density at radius 1 is 1.56 bits per heavy atom. The Morgan fingerprint density at radius 3 is 2.61 bits per heavy atom. The van der Waals surface area contributed by atoms with Crippen molar-refractivity contribution in [2.24, 2.45) is 0 Å². The molecule has 0 heterocycles. The van der Waals surface area contributed by atoms with Crippen molar-refractivity contribution in [1.29, 1.82) is 0 Å². The molecule has 0 spiro atoms. The van der Waals surface area contributed by atoms with E-state index in [0.29, 0.717) is 15.6 Å². The molecule has 1 N–H and O–H groups in total. The molecule has 0 aliphatic heterocycles. The van der Waals surface area contributed by atoms with Crippen LogP contribution in [0.2, 0.25) is 0 Å². The lowest BCUT2D eigenvalue weighted by Crippen LogP contribution is -2.16. The summed E-state index contributed by atoms with van der Waals surface area (Å²) in [4.78, 5) is 11.4. The first-order valence-electron chi connectivity index (χ1n) is 5.61. The van der Waals surface area contributed by atoms with Crippen molar-refractivity contribution in [3.63, 3.8) is 0 Å². The van der Waals surface area contributed by atoms with Crippen LogP contribution in [0.1, 0.15) is 38.0 Å². The minimum atomic E-state index is -1.49. The van der Waals surface area contributed by atoms with Gasteiger partial charge in [-0.1, -0.05) is 28.1 Å². The standard InChI is InChI=1S/C13H16BrFO3/c1-4-18-12(17)11(16)8-5-6-9(10(14)7-8)13(2,3)15/h5-7,11,16H,4H2,1-3H3. The highest BCUT2D eigenvalue weighted by molar-refractivity contribution is 9.10. The van der Waals surface area contributed by atoms with Crippen molar-refractivity contribution in [3.05, 3.63) is 33.8 Å². The number of ether oxygens (including phenoxy) is 1. The number of aliphatic hydroxyl groups excluding tert-OH is 1. The molecule has 0 aromatic heterocycles. The first-order chi connectivity index (χ1) is 8.27. The van der Waals surface area contributed by atoms with Crippen molar-refractivity contribution in [2.45, 2.75) is 32.5 Å². The smallest absolute Gasteiger partial charge is 0.339 e. The van der Waals surface area contributed by atoms with Gasteiger partial charge in [-0.15, -0.1) is 0 Å². The summed E-state index contributed by atoms with van der Waals surface area (Å²) in [6, 6.07) is 4.59. The van der Waals surface area contributed by atoms with Gasteiger partial charge in [-0.05, 0) is 32.4 Å². The molecule has 1 aromatic rings. The molecule has 0 saturated heterocycles. The predicted molar refractivity (Wildman–Crippen MR) is 69.9 cm³/mol. The van der Waals surface area contributed by atoms with Gasteiger partial charge in [0, 0.05) is 10.0 Å². The first-order valence-corrected chi connectivity index (χ1v) is 6.40. The van der Waals surface area contributed by atoms with Crippen LogP contribution in [0.15, 0.2) is 22.7 Å². The molecule has 0 aliphatic rings. The normalized spacial score (nSPS) is 13.2. The van der Waals surface area contributed by atoms with E-state index in [9.17, 15) is 14.3 Å². The zero-order valence-electron chi connectivity index (χ0n) is 10.5. The molecule has 0 bridgehead atoms. The third-order valence-corrected chi connectivity index (χ3v) is 3.12. The number of rotatable bonds is 4. The maximum Gasteiger partial charge on any atom is 0.339 e. The average Bonchev–Trinajstić information content (AvgIpc) is 2.26. The molecule has 5 heteroatoms. The number of hydrogen-bond acceptors (Lipinski definition) is 3. The Hall–Kier alpha value is -0.940. The van der Waals surface area contributed by atoms with Crippen LogP contribution in [0.4, 0.5) is 4.39 Å². The van der Waals surface area contributed by atoms with Gasteiger partial charge in [0.1, 0.15) is 5.67 Å². The van der Waals surface area contributed by atoms with Crippen molar-refractivity contribution < 1.29 is 19.0 Å². The van der Waals surface area contributed by atoms with E-state index in [1.807, 2.05) is 0 Å². The van der Waals surface area contributed by atoms with Crippen LogP contribution in [0.25, 0.3) is 0 Å². The fourth-order valence-corrected chi connectivity index (χ4v) is 2.41. The molecule has 0 aliphatic carbocycles. The van der Waals surface area contributed by atoms with Gasteiger partial charge in [-0.25, -0.2) is 9.18 Å². The Bertz CT molecular complexity index is 440. The van der Waals surface area contributed by atoms with Crippen LogP contribution in [0.5, 0.6) is 0 Å². The highest BCUT2D eigenvalue weighted by atomic mass is 79.9. The Kier molecular flexibility index (Phi) is 4.87. The Morgan fingerprint density at radius 2 is 2.17 bits per heavy atom. The van der Waals surface area contributed by atoms with Gasteiger partial charge in [0.15, 0.2) is 6.10 Å². The number of carbonyl (C=O) groups excluding carboxylic acids is 1.